The summed E-state index contributed by atoms with van der Waals surface area (Å²) in [7, 11) is 5.37. The van der Waals surface area contributed by atoms with Gasteiger partial charge in [-0.1, -0.05) is 72.8 Å². The fourth-order valence-corrected chi connectivity index (χ4v) is 8.44. The summed E-state index contributed by atoms with van der Waals surface area (Å²) in [5.41, 5.74) is 8.74. The van der Waals surface area contributed by atoms with Gasteiger partial charge in [0.1, 0.15) is 0 Å². The molecule has 316 valence electrons. The number of esters is 4. The minimum Gasteiger partial charge on any atom is -0.465 e. The highest BCUT2D eigenvalue weighted by Gasteiger charge is 2.25. The zero-order chi connectivity index (χ0) is 44.5. The molecule has 0 atom stereocenters. The standard InChI is InChI=1S/C52H40N4O8/c1-61-49(57)33-17-9-5-13-29(33)45-37-21-23-39(53-37)46(30-14-6-10-18-34(30)50(58)62-2)41-25-27-43(55-41)48(32-16-8-12-20-36(32)52(60)64-4)44-28-26-42(56-44)47(40-24-22-38(45)54-40)31-15-7-11-19-35(31)51(59)63-3/h5-28,53-56H,1-4H3. The third-order valence-corrected chi connectivity index (χ3v) is 11.3. The van der Waals surface area contributed by atoms with E-state index in [0.29, 0.717) is 111 Å². The van der Waals surface area contributed by atoms with Crippen LogP contribution in [0, 0.1) is 0 Å². The largest absolute Gasteiger partial charge is 0.465 e. The second-order valence-electron chi connectivity index (χ2n) is 14.8. The van der Waals surface area contributed by atoms with Crippen LogP contribution in [0.15, 0.2) is 146 Å². The van der Waals surface area contributed by atoms with Crippen LogP contribution in [0.3, 0.4) is 0 Å². The van der Waals surface area contributed by atoms with Gasteiger partial charge >= 0.3 is 23.9 Å². The molecule has 1 aliphatic heterocycles. The van der Waals surface area contributed by atoms with Gasteiger partial charge in [0, 0.05) is 88.7 Å². The van der Waals surface area contributed by atoms with E-state index in [4.69, 9.17) is 18.9 Å². The third kappa shape index (κ3) is 7.12. The number of nitrogens with one attached hydrogen (secondary N) is 4. The normalized spacial score (nSPS) is 12.2. The maximum absolute atomic E-state index is 13.4. The molecule has 0 saturated carbocycles. The Bertz CT molecular complexity index is 2990. The van der Waals surface area contributed by atoms with Gasteiger partial charge in [-0.3, -0.25) is 0 Å². The highest BCUT2D eigenvalue weighted by Crippen LogP contribution is 2.32. The maximum atomic E-state index is 13.4. The molecule has 5 heterocycles. The summed E-state index contributed by atoms with van der Waals surface area (Å²) < 4.78 is 21.1. The van der Waals surface area contributed by atoms with Gasteiger partial charge in [-0.25, -0.2) is 19.2 Å². The molecule has 0 radical (unpaired) electrons. The van der Waals surface area contributed by atoms with Crippen molar-refractivity contribution in [3.63, 3.8) is 0 Å². The summed E-state index contributed by atoms with van der Waals surface area (Å²) in [5, 5.41) is 2.52. The minimum absolute atomic E-state index is 0.334. The first-order valence-corrected chi connectivity index (χ1v) is 20.2. The maximum Gasteiger partial charge on any atom is 0.338 e. The average molecular weight is 849 g/mol. The molecule has 0 saturated heterocycles. The van der Waals surface area contributed by atoms with Crippen molar-refractivity contribution in [3.05, 3.63) is 234 Å². The van der Waals surface area contributed by atoms with E-state index in [1.165, 1.54) is 28.4 Å². The van der Waals surface area contributed by atoms with Gasteiger partial charge in [0.25, 0.3) is 0 Å². The molecular weight excluding hydrogens is 809 g/mol. The summed E-state index contributed by atoms with van der Waals surface area (Å²) in [6.45, 7) is 0. The van der Waals surface area contributed by atoms with Gasteiger partial charge in [-0.05, 0) is 72.8 Å². The third-order valence-electron chi connectivity index (χ3n) is 11.3. The van der Waals surface area contributed by atoms with Crippen LogP contribution >= 0.6 is 0 Å². The minimum atomic E-state index is -0.522. The van der Waals surface area contributed by atoms with E-state index in [2.05, 4.69) is 19.9 Å². The number of carbonyl (C=O) groups excluding carboxylic acids is 4. The Hall–Kier alpha value is -8.64. The first-order valence-electron chi connectivity index (χ1n) is 20.2. The number of hydrogen-bond donors (Lipinski definition) is 4. The van der Waals surface area contributed by atoms with E-state index in [1.54, 1.807) is 48.5 Å². The van der Waals surface area contributed by atoms with E-state index in [0.717, 1.165) is 0 Å². The highest BCUT2D eigenvalue weighted by molar-refractivity contribution is 6.01. The molecule has 0 fully saturated rings. The smallest absolute Gasteiger partial charge is 0.338 e. The second-order valence-corrected chi connectivity index (χ2v) is 14.8. The Morgan fingerprint density at radius 1 is 0.297 bits per heavy atom. The number of aromatic nitrogens is 4. The van der Waals surface area contributed by atoms with Crippen LogP contribution in [-0.4, -0.2) is 72.3 Å². The van der Waals surface area contributed by atoms with Crippen LogP contribution in [0.1, 0.15) is 86.5 Å². The van der Waals surface area contributed by atoms with Crippen LogP contribution in [0.2, 0.25) is 0 Å². The summed E-state index contributed by atoms with van der Waals surface area (Å²) in [6, 6.07) is 44.1. The van der Waals surface area contributed by atoms with Gasteiger partial charge in [-0.15, -0.1) is 0 Å². The summed E-state index contributed by atoms with van der Waals surface area (Å²) >= 11 is 0. The zero-order valence-corrected chi connectivity index (χ0v) is 35.1. The topological polar surface area (TPSA) is 168 Å². The zero-order valence-electron chi connectivity index (χ0n) is 35.1. The number of ether oxygens (including phenoxy) is 4. The molecule has 0 aliphatic carbocycles. The van der Waals surface area contributed by atoms with E-state index in [-0.39, 0.29) is 0 Å². The van der Waals surface area contributed by atoms with Crippen molar-refractivity contribution in [2.45, 2.75) is 0 Å². The van der Waals surface area contributed by atoms with Crippen LogP contribution in [0.5, 0.6) is 0 Å². The van der Waals surface area contributed by atoms with Crippen LogP contribution in [0.25, 0.3) is 22.3 Å². The molecule has 9 rings (SSSR count). The first kappa shape index (κ1) is 40.7. The predicted molar refractivity (Wildman–Crippen MR) is 239 cm³/mol. The molecule has 12 heteroatoms. The fraction of sp³-hybridized carbons (Fsp3) is 0.0769. The monoisotopic (exact) mass is 848 g/mol. The lowest BCUT2D eigenvalue weighted by atomic mass is 9.97. The van der Waals surface area contributed by atoms with Gasteiger partial charge in [0.05, 0.1) is 50.7 Å². The van der Waals surface area contributed by atoms with Crippen molar-refractivity contribution >= 4 is 46.2 Å². The number of carbonyl (C=O) groups is 4. The fourth-order valence-electron chi connectivity index (χ4n) is 8.44. The number of hydrogen-bond acceptors (Lipinski definition) is 8. The van der Waals surface area contributed by atoms with E-state index in [9.17, 15) is 19.2 Å². The number of aromatic amines is 4. The van der Waals surface area contributed by atoms with Crippen molar-refractivity contribution in [1.82, 2.24) is 19.9 Å². The lowest BCUT2D eigenvalue weighted by Gasteiger charge is -2.14. The van der Waals surface area contributed by atoms with Gasteiger partial charge in [0.15, 0.2) is 0 Å². The van der Waals surface area contributed by atoms with E-state index in [1.807, 2.05) is 97.1 Å². The van der Waals surface area contributed by atoms with Crippen molar-refractivity contribution in [2.75, 3.05) is 28.4 Å². The number of benzene rings is 4. The Kier molecular flexibility index (Phi) is 10.8. The molecule has 8 aromatic rings. The molecule has 12 nitrogen and oxygen atoms in total. The molecule has 0 unspecified atom stereocenters. The number of H-pyrrole nitrogens is 4. The Balaban J connectivity index is 1.49. The molecule has 64 heavy (non-hydrogen) atoms. The van der Waals surface area contributed by atoms with Gasteiger partial charge < -0.3 is 38.9 Å². The molecule has 8 bridgehead atoms. The van der Waals surface area contributed by atoms with Crippen molar-refractivity contribution in [2.24, 2.45) is 0 Å². The van der Waals surface area contributed by atoms with Gasteiger partial charge in [-0.2, -0.15) is 0 Å². The Morgan fingerprint density at radius 3 is 0.734 bits per heavy atom. The van der Waals surface area contributed by atoms with E-state index < -0.39 is 23.9 Å². The molecule has 0 amide bonds. The number of fused-ring (bicyclic) bond motifs is 8. The second kappa shape index (κ2) is 17.0. The molecule has 4 N–H and O–H groups in total. The quantitative estimate of drug-likeness (QED) is 0.116. The lowest BCUT2D eigenvalue weighted by Crippen LogP contribution is -2.21. The number of rotatable bonds is 8. The SMILES string of the molecule is COC(=O)c1ccccc1C1=c2ccc([nH]2)=C(c2ccccc2C(=O)OC)c2ccc([nH]2)C(c2ccccc2C(=O)OC)=c2ccc([nH]2)=C(c2ccccc2C(=O)OC)c2ccc1[nH]2. The highest BCUT2D eigenvalue weighted by atomic mass is 16.5. The summed E-state index contributed by atoms with van der Waals surface area (Å²) in [5.74, 6) is -2.09. The Morgan fingerprint density at radius 2 is 0.516 bits per heavy atom. The summed E-state index contributed by atoms with van der Waals surface area (Å²) in [4.78, 5) is 68.3. The van der Waals surface area contributed by atoms with Crippen molar-refractivity contribution in [3.8, 4) is 0 Å². The van der Waals surface area contributed by atoms with Gasteiger partial charge in [0.2, 0.25) is 0 Å². The number of methoxy groups -OCH3 is 4. The van der Waals surface area contributed by atoms with Crippen LogP contribution in [-0.2, 0) is 18.9 Å². The summed E-state index contributed by atoms with van der Waals surface area (Å²) in [6.07, 6.45) is 0. The lowest BCUT2D eigenvalue weighted by molar-refractivity contribution is 0.0591. The first-order chi connectivity index (χ1) is 31.2. The predicted octanol–water partition coefficient (Wildman–Crippen LogP) is 5.45. The molecular formula is C52H40N4O8. The molecule has 4 aromatic heterocycles. The molecule has 0 spiro atoms. The van der Waals surface area contributed by atoms with Crippen LogP contribution in [0.4, 0.5) is 0 Å². The van der Waals surface area contributed by atoms with Crippen molar-refractivity contribution < 1.29 is 38.1 Å². The Labute approximate surface area is 365 Å². The molecule has 4 aromatic carbocycles. The van der Waals surface area contributed by atoms with Crippen LogP contribution < -0.4 is 21.4 Å². The average Bonchev–Trinajstić information content (AvgIpc) is 4.20. The molecule has 1 aliphatic rings. The van der Waals surface area contributed by atoms with E-state index >= 15 is 0 Å². The van der Waals surface area contributed by atoms with Crippen molar-refractivity contribution in [1.29, 1.82) is 0 Å².